The molecule has 1 aliphatic heterocycles. The molecule has 1 heterocycles. The molecule has 0 radical (unpaired) electrons. The summed E-state index contributed by atoms with van der Waals surface area (Å²) < 4.78 is 0. The van der Waals surface area contributed by atoms with Crippen LogP contribution in [0.2, 0.25) is 0 Å². The highest BCUT2D eigenvalue weighted by Crippen LogP contribution is 2.29. The van der Waals surface area contributed by atoms with Crippen LogP contribution in [0.4, 0.5) is 0 Å². The van der Waals surface area contributed by atoms with Gasteiger partial charge in [-0.3, -0.25) is 14.6 Å². The first-order valence-corrected chi connectivity index (χ1v) is 11.5. The lowest BCUT2D eigenvalue weighted by atomic mass is 9.86. The molecule has 1 fully saturated rings. The van der Waals surface area contributed by atoms with Crippen molar-refractivity contribution in [2.75, 3.05) is 12.8 Å². The Morgan fingerprint density at radius 2 is 1.97 bits per heavy atom. The van der Waals surface area contributed by atoms with Crippen molar-refractivity contribution in [3.8, 4) is 0 Å². The summed E-state index contributed by atoms with van der Waals surface area (Å²) in [7, 11) is 0. The molecule has 0 unspecified atom stereocenters. The molecule has 0 saturated carbocycles. The van der Waals surface area contributed by atoms with E-state index in [1.165, 1.54) is 4.90 Å². The van der Waals surface area contributed by atoms with Crippen molar-refractivity contribution in [2.24, 2.45) is 16.1 Å². The summed E-state index contributed by atoms with van der Waals surface area (Å²) in [5, 5.41) is 13.0. The Balaban J connectivity index is 2.06. The molecular formula is C23H34N4O3S. The molecule has 1 aliphatic rings. The molecule has 0 aromatic heterocycles. The smallest absolute Gasteiger partial charge is 0.243 e. The van der Waals surface area contributed by atoms with Gasteiger partial charge in [0.1, 0.15) is 6.04 Å². The van der Waals surface area contributed by atoms with Gasteiger partial charge in [0.2, 0.25) is 11.8 Å². The average Bonchev–Trinajstić information content (AvgIpc) is 3.13. The summed E-state index contributed by atoms with van der Waals surface area (Å²) >= 11 is 1.61. The second-order valence-electron chi connectivity index (χ2n) is 8.93. The lowest BCUT2D eigenvalue weighted by Crippen LogP contribution is -2.54. The van der Waals surface area contributed by atoms with Crippen LogP contribution in [0.3, 0.4) is 0 Å². The maximum atomic E-state index is 12.8. The van der Waals surface area contributed by atoms with Crippen molar-refractivity contribution >= 4 is 35.2 Å². The summed E-state index contributed by atoms with van der Waals surface area (Å²) in [6, 6.07) is 6.41. The van der Waals surface area contributed by atoms with Gasteiger partial charge in [0.15, 0.2) is 0 Å². The molecule has 2 amide bonds. The van der Waals surface area contributed by atoms with E-state index in [-0.39, 0.29) is 24.8 Å². The average molecular weight is 447 g/mol. The predicted molar refractivity (Wildman–Crippen MR) is 128 cm³/mol. The largest absolute Gasteiger partial charge is 0.391 e. The molecule has 170 valence electrons. The normalized spacial score (nSPS) is 20.8. The molecule has 0 bridgehead atoms. The first kappa shape index (κ1) is 25.1. The number of amides is 2. The number of hydrogen-bond acceptors (Lipinski definition) is 6. The van der Waals surface area contributed by atoms with Crippen molar-refractivity contribution in [3.63, 3.8) is 0 Å². The molecule has 3 atom stereocenters. The molecule has 7 nitrogen and oxygen atoms in total. The Morgan fingerprint density at radius 3 is 2.48 bits per heavy atom. The van der Waals surface area contributed by atoms with E-state index in [4.69, 9.17) is 5.73 Å². The molecule has 2 rings (SSSR count). The number of allylic oxidation sites excluding steroid dienone is 1. The number of hydrogen-bond donors (Lipinski definition) is 3. The first-order valence-electron chi connectivity index (χ1n) is 10.3. The third kappa shape index (κ3) is 6.18. The number of rotatable bonds is 7. The highest BCUT2D eigenvalue weighted by Gasteiger charge is 2.42. The Bertz CT molecular complexity index is 845. The maximum absolute atomic E-state index is 12.8. The van der Waals surface area contributed by atoms with Crippen LogP contribution in [0.25, 0.3) is 4.91 Å². The minimum atomic E-state index is -0.743. The third-order valence-corrected chi connectivity index (χ3v) is 6.46. The molecule has 0 aliphatic carbocycles. The van der Waals surface area contributed by atoms with E-state index in [0.29, 0.717) is 6.54 Å². The molecule has 31 heavy (non-hydrogen) atoms. The zero-order chi connectivity index (χ0) is 23.3. The Labute approximate surface area is 189 Å². The van der Waals surface area contributed by atoms with E-state index in [0.717, 1.165) is 21.7 Å². The number of nitrogens with zero attached hydrogens (tertiary/aromatic N) is 2. The summed E-state index contributed by atoms with van der Waals surface area (Å²) in [4.78, 5) is 32.1. The minimum absolute atomic E-state index is 0.121. The van der Waals surface area contributed by atoms with Crippen LogP contribution in [0.1, 0.15) is 45.2 Å². The molecule has 4 N–H and O–H groups in total. The Morgan fingerprint density at radius 1 is 1.35 bits per heavy atom. The van der Waals surface area contributed by atoms with E-state index in [9.17, 15) is 14.7 Å². The number of nitrogens with two attached hydrogens (primary N) is 1. The fourth-order valence-electron chi connectivity index (χ4n) is 3.48. The predicted octanol–water partition coefficient (Wildman–Crippen LogP) is 2.39. The SMILES string of the molecule is C=N/C(C)=C(\SC)c1ccc(CNC(=O)[C@@H]2C[C@@H](O)CN2C(=O)[C@@H](N)C(C)(C)C)cc1. The second kappa shape index (κ2) is 10.4. The van der Waals surface area contributed by atoms with Gasteiger partial charge in [0, 0.05) is 24.4 Å². The van der Waals surface area contributed by atoms with Crippen molar-refractivity contribution in [1.29, 1.82) is 0 Å². The van der Waals surface area contributed by atoms with Gasteiger partial charge in [0.05, 0.1) is 17.8 Å². The lowest BCUT2D eigenvalue weighted by Gasteiger charge is -2.32. The standard InChI is InChI=1S/C23H34N4O3S/c1-14(25-5)19(31-6)16-9-7-15(8-10-16)12-26-21(29)18-11-17(28)13-27(18)22(30)20(24)23(2,3)4/h7-10,17-18,20,28H,5,11-13,24H2,1-4,6H3,(H,26,29)/b19-14-/t17-,18+,20-/m1/s1. The fourth-order valence-corrected chi connectivity index (χ4v) is 4.21. The number of benzene rings is 1. The second-order valence-corrected chi connectivity index (χ2v) is 9.75. The van der Waals surface area contributed by atoms with Gasteiger partial charge in [-0.25, -0.2) is 0 Å². The zero-order valence-electron chi connectivity index (χ0n) is 19.0. The maximum Gasteiger partial charge on any atom is 0.243 e. The lowest BCUT2D eigenvalue weighted by molar-refractivity contribution is -0.141. The van der Waals surface area contributed by atoms with Gasteiger partial charge in [-0.15, -0.1) is 11.8 Å². The van der Waals surface area contributed by atoms with Crippen LogP contribution in [-0.4, -0.2) is 59.5 Å². The van der Waals surface area contributed by atoms with E-state index in [1.54, 1.807) is 11.8 Å². The van der Waals surface area contributed by atoms with Crippen molar-refractivity contribution < 1.29 is 14.7 Å². The minimum Gasteiger partial charge on any atom is -0.391 e. The topological polar surface area (TPSA) is 108 Å². The van der Waals surface area contributed by atoms with Crippen LogP contribution in [0.15, 0.2) is 35.0 Å². The quantitative estimate of drug-likeness (QED) is 0.558. The zero-order valence-corrected chi connectivity index (χ0v) is 19.8. The fraction of sp³-hybridized carbons (Fsp3) is 0.522. The van der Waals surface area contributed by atoms with Crippen LogP contribution in [0, 0.1) is 5.41 Å². The molecular weight excluding hydrogens is 412 g/mol. The number of aliphatic hydroxyl groups is 1. The first-order chi connectivity index (χ1) is 14.5. The van der Waals surface area contributed by atoms with E-state index in [1.807, 2.05) is 58.2 Å². The van der Waals surface area contributed by atoms with Crippen LogP contribution >= 0.6 is 11.8 Å². The monoisotopic (exact) mass is 446 g/mol. The van der Waals surface area contributed by atoms with Gasteiger partial charge in [-0.1, -0.05) is 45.0 Å². The van der Waals surface area contributed by atoms with Gasteiger partial charge in [0.25, 0.3) is 0 Å². The van der Waals surface area contributed by atoms with Gasteiger partial charge in [-0.05, 0) is 36.4 Å². The van der Waals surface area contributed by atoms with Crippen molar-refractivity contribution in [2.45, 2.75) is 58.8 Å². The van der Waals surface area contributed by atoms with E-state index in [2.05, 4.69) is 17.0 Å². The number of aliphatic imine (C=N–C) groups is 1. The molecule has 0 spiro atoms. The number of thioether (sulfide) groups is 1. The van der Waals surface area contributed by atoms with Gasteiger partial charge in [-0.2, -0.15) is 0 Å². The van der Waals surface area contributed by atoms with Gasteiger partial charge >= 0.3 is 0 Å². The number of β-amino-alcohol motifs (C(OH)–C–C–N with tert-alkyl or cyclic N) is 1. The summed E-state index contributed by atoms with van der Waals surface area (Å²) in [5.74, 6) is -0.595. The van der Waals surface area contributed by atoms with Crippen LogP contribution < -0.4 is 11.1 Å². The van der Waals surface area contributed by atoms with Gasteiger partial charge < -0.3 is 21.1 Å². The Hall–Kier alpha value is -2.16. The number of likely N-dealkylation sites (tertiary alicyclic amines) is 1. The number of carbonyl (C=O) groups is 2. The van der Waals surface area contributed by atoms with Crippen molar-refractivity contribution in [3.05, 3.63) is 41.1 Å². The number of carbonyl (C=O) groups excluding carboxylic acids is 2. The number of aliphatic hydroxyl groups excluding tert-OH is 1. The molecule has 8 heteroatoms. The molecule has 1 aromatic rings. The third-order valence-electron chi connectivity index (χ3n) is 5.52. The van der Waals surface area contributed by atoms with E-state index >= 15 is 0 Å². The Kier molecular flexibility index (Phi) is 8.45. The van der Waals surface area contributed by atoms with Crippen LogP contribution in [0.5, 0.6) is 0 Å². The highest BCUT2D eigenvalue weighted by molar-refractivity contribution is 8.07. The summed E-state index contributed by atoms with van der Waals surface area (Å²) in [6.07, 6.45) is 1.47. The summed E-state index contributed by atoms with van der Waals surface area (Å²) in [6.45, 7) is 11.6. The molecule has 1 aromatic carbocycles. The van der Waals surface area contributed by atoms with Crippen molar-refractivity contribution in [1.82, 2.24) is 10.2 Å². The van der Waals surface area contributed by atoms with E-state index < -0.39 is 23.6 Å². The van der Waals surface area contributed by atoms with Crippen LogP contribution in [-0.2, 0) is 16.1 Å². The number of nitrogens with one attached hydrogen (secondary N) is 1. The molecule has 1 saturated heterocycles. The highest BCUT2D eigenvalue weighted by atomic mass is 32.2. The summed E-state index contributed by atoms with van der Waals surface area (Å²) in [5.41, 5.74) is 8.52.